The van der Waals surface area contributed by atoms with Crippen molar-refractivity contribution in [1.29, 1.82) is 0 Å². The molecule has 0 aliphatic rings. The van der Waals surface area contributed by atoms with Crippen LogP contribution in [0.4, 0.5) is 34.6 Å². The van der Waals surface area contributed by atoms with Gasteiger partial charge in [-0.25, -0.2) is 12.6 Å². The Labute approximate surface area is 330 Å². The molecule has 0 aliphatic carbocycles. The van der Waals surface area contributed by atoms with Gasteiger partial charge in [0.05, 0.1) is 34.3 Å². The van der Waals surface area contributed by atoms with Crippen molar-refractivity contribution in [1.82, 2.24) is 15.0 Å². The van der Waals surface area contributed by atoms with Gasteiger partial charge >= 0.3 is 10.4 Å². The third-order valence-electron chi connectivity index (χ3n) is 8.11. The molecule has 298 valence electrons. The summed E-state index contributed by atoms with van der Waals surface area (Å²) in [5.74, 6) is -1.03. The van der Waals surface area contributed by atoms with Crippen molar-refractivity contribution in [3.63, 3.8) is 0 Å². The molecule has 6 aromatic rings. The molecule has 0 spiro atoms. The van der Waals surface area contributed by atoms with Crippen LogP contribution in [0.15, 0.2) is 116 Å². The van der Waals surface area contributed by atoms with E-state index >= 15 is 0 Å². The maximum atomic E-state index is 12.9. The number of benzene rings is 5. The minimum absolute atomic E-state index is 0.0510. The van der Waals surface area contributed by atoms with Gasteiger partial charge in [0.25, 0.3) is 20.2 Å². The summed E-state index contributed by atoms with van der Waals surface area (Å²) in [6.07, 6.45) is 0. The van der Waals surface area contributed by atoms with E-state index in [1.165, 1.54) is 65.6 Å². The molecule has 57 heavy (non-hydrogen) atoms. The Morgan fingerprint density at radius 3 is 2.16 bits per heavy atom. The van der Waals surface area contributed by atoms with E-state index in [1.54, 1.807) is 31.2 Å². The summed E-state index contributed by atoms with van der Waals surface area (Å²) in [6.45, 7) is 1.04. The zero-order valence-corrected chi connectivity index (χ0v) is 33.0. The largest absolute Gasteiger partial charge is 0.397 e. The number of fused-ring (bicyclic) bond motifs is 2. The lowest BCUT2D eigenvalue weighted by Gasteiger charge is -2.22. The van der Waals surface area contributed by atoms with Gasteiger partial charge in [0.2, 0.25) is 17.2 Å². The number of aromatic nitrogens is 3. The molecule has 0 unspecified atom stereocenters. The molecular weight excluding hydrogens is 850 g/mol. The standard InChI is InChI=1S/C33H28ClN7O12S4/c1-2-41(22-7-4-8-23(19-22)54(42,43)17-16-53-57(50,51)52)33-37-31(34)36-32(38-33)35-27-15-14-26(24-9-5-11-29(30(24)27)56(47,48)49)40-39-21-13-12-20-6-3-10-28(25(20)18-21)55(44,45)46/h3-15,18-19H,2,16-17H2,1H3,(H,44,45,46)(H,47,48,49)(H,50,51,52)(H,35,36,37,38). The van der Waals surface area contributed by atoms with Gasteiger partial charge in [-0.05, 0) is 78.5 Å². The molecule has 6 rings (SSSR count). The Hall–Kier alpha value is -5.24. The summed E-state index contributed by atoms with van der Waals surface area (Å²) in [7, 11) is -18.4. The lowest BCUT2D eigenvalue weighted by Crippen LogP contribution is -2.21. The molecule has 5 aromatic carbocycles. The van der Waals surface area contributed by atoms with Crippen LogP contribution in [0.5, 0.6) is 0 Å². The highest BCUT2D eigenvalue weighted by atomic mass is 35.5. The quantitative estimate of drug-likeness (QED) is 0.0696. The van der Waals surface area contributed by atoms with E-state index in [9.17, 15) is 42.8 Å². The van der Waals surface area contributed by atoms with Crippen molar-refractivity contribution < 1.29 is 51.5 Å². The molecule has 0 radical (unpaired) electrons. The number of hydrogen-bond acceptors (Lipinski definition) is 16. The minimum atomic E-state index is -4.86. The molecule has 1 heterocycles. The first-order valence-electron chi connectivity index (χ1n) is 16.1. The van der Waals surface area contributed by atoms with Crippen LogP contribution < -0.4 is 10.2 Å². The van der Waals surface area contributed by atoms with Crippen molar-refractivity contribution in [3.8, 4) is 0 Å². The first-order chi connectivity index (χ1) is 26.7. The maximum Gasteiger partial charge on any atom is 0.397 e. The lowest BCUT2D eigenvalue weighted by molar-refractivity contribution is 0.284. The van der Waals surface area contributed by atoms with Crippen LogP contribution in [0, 0.1) is 0 Å². The van der Waals surface area contributed by atoms with Crippen LogP contribution in [0.25, 0.3) is 21.5 Å². The van der Waals surface area contributed by atoms with Crippen LogP contribution >= 0.6 is 11.6 Å². The van der Waals surface area contributed by atoms with Crippen molar-refractivity contribution in [2.75, 3.05) is 29.1 Å². The van der Waals surface area contributed by atoms with Gasteiger partial charge in [-0.1, -0.05) is 36.4 Å². The SMILES string of the molecule is CCN(c1cccc(S(=O)(=O)CCOS(=O)(=O)O)c1)c1nc(Cl)nc(Nc2ccc(N=Nc3ccc4cccc(S(=O)(=O)O)c4c3)c3cccc(S(=O)(=O)O)c23)n1. The topological polar surface area (TPSA) is 285 Å². The number of anilines is 4. The number of rotatable bonds is 14. The van der Waals surface area contributed by atoms with Crippen molar-refractivity contribution in [3.05, 3.63) is 96.3 Å². The number of sulfone groups is 1. The zero-order chi connectivity index (χ0) is 41.3. The molecule has 1 aromatic heterocycles. The highest BCUT2D eigenvalue weighted by molar-refractivity contribution is 7.91. The Balaban J connectivity index is 1.37. The number of nitrogens with one attached hydrogen (secondary N) is 1. The number of hydrogen-bond donors (Lipinski definition) is 4. The van der Waals surface area contributed by atoms with Crippen LogP contribution in [-0.4, -0.2) is 81.2 Å². The number of azo groups is 1. The fourth-order valence-corrected chi connectivity index (χ4v) is 8.80. The van der Waals surface area contributed by atoms with Crippen molar-refractivity contribution in [2.45, 2.75) is 21.6 Å². The first kappa shape index (κ1) is 41.4. The Bertz CT molecular complexity index is 3040. The first-order valence-corrected chi connectivity index (χ1v) is 22.4. The molecule has 0 fully saturated rings. The summed E-state index contributed by atoms with van der Waals surface area (Å²) in [6, 6.07) is 21.4. The van der Waals surface area contributed by atoms with Gasteiger partial charge in [0.15, 0.2) is 9.84 Å². The molecule has 0 saturated carbocycles. The van der Waals surface area contributed by atoms with E-state index in [2.05, 4.69) is 34.7 Å². The van der Waals surface area contributed by atoms with Gasteiger partial charge in [-0.3, -0.25) is 13.7 Å². The van der Waals surface area contributed by atoms with E-state index in [0.29, 0.717) is 5.39 Å². The molecular formula is C33H28ClN7O12S4. The summed E-state index contributed by atoms with van der Waals surface area (Å²) in [5, 5.41) is 11.9. The Kier molecular flexibility index (Phi) is 11.6. The average Bonchev–Trinajstić information content (AvgIpc) is 3.13. The Morgan fingerprint density at radius 2 is 1.46 bits per heavy atom. The summed E-state index contributed by atoms with van der Waals surface area (Å²) < 4.78 is 130. The zero-order valence-electron chi connectivity index (χ0n) is 29.0. The second kappa shape index (κ2) is 16.0. The van der Waals surface area contributed by atoms with E-state index < -0.39 is 57.7 Å². The van der Waals surface area contributed by atoms with Gasteiger partial charge in [0.1, 0.15) is 9.79 Å². The fraction of sp³-hybridized carbons (Fsp3) is 0.121. The normalized spacial score (nSPS) is 12.7. The lowest BCUT2D eigenvalue weighted by atomic mass is 10.1. The number of halogens is 1. The van der Waals surface area contributed by atoms with Gasteiger partial charge in [0, 0.05) is 28.4 Å². The van der Waals surface area contributed by atoms with Gasteiger partial charge < -0.3 is 10.2 Å². The minimum Gasteiger partial charge on any atom is -0.323 e. The van der Waals surface area contributed by atoms with E-state index in [0.717, 1.165) is 6.07 Å². The third kappa shape index (κ3) is 9.66. The third-order valence-corrected chi connectivity index (χ3v) is 12.2. The molecule has 0 aliphatic heterocycles. The molecule has 0 atom stereocenters. The summed E-state index contributed by atoms with van der Waals surface area (Å²) in [5.41, 5.74) is 0.672. The molecule has 0 amide bonds. The Morgan fingerprint density at radius 1 is 0.754 bits per heavy atom. The average molecular weight is 878 g/mol. The predicted octanol–water partition coefficient (Wildman–Crippen LogP) is 6.23. The summed E-state index contributed by atoms with van der Waals surface area (Å²) in [4.78, 5) is 13.1. The van der Waals surface area contributed by atoms with Crippen LogP contribution in [0.3, 0.4) is 0 Å². The summed E-state index contributed by atoms with van der Waals surface area (Å²) >= 11 is 6.30. The molecule has 0 saturated heterocycles. The van der Waals surface area contributed by atoms with Crippen LogP contribution in [0.2, 0.25) is 5.28 Å². The van der Waals surface area contributed by atoms with Crippen LogP contribution in [0.1, 0.15) is 6.92 Å². The molecule has 19 nitrogen and oxygen atoms in total. The second-order valence-corrected chi connectivity index (χ2v) is 18.1. The van der Waals surface area contributed by atoms with E-state index in [1.807, 2.05) is 0 Å². The second-order valence-electron chi connectivity index (χ2n) is 11.8. The van der Waals surface area contributed by atoms with Gasteiger partial charge in [-0.2, -0.15) is 45.3 Å². The van der Waals surface area contributed by atoms with E-state index in [-0.39, 0.29) is 72.4 Å². The highest BCUT2D eigenvalue weighted by Crippen LogP contribution is 2.39. The smallest absolute Gasteiger partial charge is 0.323 e. The number of nitrogens with zero attached hydrogens (tertiary/aromatic N) is 6. The maximum absolute atomic E-state index is 12.9. The van der Waals surface area contributed by atoms with Crippen molar-refractivity contribution in [2.24, 2.45) is 10.2 Å². The van der Waals surface area contributed by atoms with Crippen LogP contribution in [-0.2, 0) is 44.7 Å². The van der Waals surface area contributed by atoms with Gasteiger partial charge in [-0.15, -0.1) is 5.11 Å². The fourth-order valence-electron chi connectivity index (χ4n) is 5.68. The van der Waals surface area contributed by atoms with E-state index in [4.69, 9.17) is 16.2 Å². The van der Waals surface area contributed by atoms with Crippen molar-refractivity contribution >= 4 is 108 Å². The molecule has 4 N–H and O–H groups in total. The monoisotopic (exact) mass is 877 g/mol. The predicted molar refractivity (Wildman–Crippen MR) is 208 cm³/mol. The molecule has 0 bridgehead atoms. The highest BCUT2D eigenvalue weighted by Gasteiger charge is 2.23. The molecule has 24 heteroatoms.